The van der Waals surface area contributed by atoms with Gasteiger partial charge in [-0.3, -0.25) is 9.59 Å². The molecule has 1 saturated carbocycles. The summed E-state index contributed by atoms with van der Waals surface area (Å²) >= 11 is 0. The van der Waals surface area contributed by atoms with Crippen molar-refractivity contribution in [3.8, 4) is 0 Å². The number of rotatable bonds is 6. The van der Waals surface area contributed by atoms with Crippen molar-refractivity contribution in [3.63, 3.8) is 0 Å². The Balaban J connectivity index is 1.95. The minimum absolute atomic E-state index is 0.0787. The first-order valence-corrected chi connectivity index (χ1v) is 8.41. The van der Waals surface area contributed by atoms with E-state index in [0.29, 0.717) is 19.3 Å². The van der Waals surface area contributed by atoms with E-state index >= 15 is 0 Å². The lowest BCUT2D eigenvalue weighted by Gasteiger charge is -2.33. The van der Waals surface area contributed by atoms with Gasteiger partial charge in [0, 0.05) is 13.0 Å². The molecule has 0 spiro atoms. The van der Waals surface area contributed by atoms with E-state index in [9.17, 15) is 14.7 Å². The van der Waals surface area contributed by atoms with E-state index in [0.717, 1.165) is 24.8 Å². The summed E-state index contributed by atoms with van der Waals surface area (Å²) in [4.78, 5) is 24.0. The molecule has 23 heavy (non-hydrogen) atoms. The average Bonchev–Trinajstić information content (AvgIpc) is 2.54. The Morgan fingerprint density at radius 2 is 1.74 bits per heavy atom. The largest absolute Gasteiger partial charge is 0.481 e. The van der Waals surface area contributed by atoms with Crippen molar-refractivity contribution in [2.75, 3.05) is 6.54 Å². The van der Waals surface area contributed by atoms with Crippen molar-refractivity contribution >= 4 is 11.9 Å². The van der Waals surface area contributed by atoms with E-state index in [-0.39, 0.29) is 17.9 Å². The quantitative estimate of drug-likeness (QED) is 0.844. The van der Waals surface area contributed by atoms with Crippen LogP contribution in [0.5, 0.6) is 0 Å². The Bertz CT molecular complexity index is 545. The van der Waals surface area contributed by atoms with Crippen molar-refractivity contribution in [2.45, 2.75) is 57.8 Å². The fourth-order valence-corrected chi connectivity index (χ4v) is 3.42. The summed E-state index contributed by atoms with van der Waals surface area (Å²) < 4.78 is 0. The molecular weight excluding hydrogens is 290 g/mol. The van der Waals surface area contributed by atoms with Gasteiger partial charge < -0.3 is 10.4 Å². The Kier molecular flexibility index (Phi) is 5.45. The van der Waals surface area contributed by atoms with Gasteiger partial charge in [-0.2, -0.15) is 0 Å². The van der Waals surface area contributed by atoms with Gasteiger partial charge in [0.15, 0.2) is 0 Å². The molecule has 1 aromatic carbocycles. The second-order valence-corrected chi connectivity index (χ2v) is 7.35. The summed E-state index contributed by atoms with van der Waals surface area (Å²) in [5.41, 5.74) is 0.0693. The number of benzene rings is 1. The van der Waals surface area contributed by atoms with Crippen LogP contribution >= 0.6 is 0 Å². The van der Waals surface area contributed by atoms with Gasteiger partial charge in [0.2, 0.25) is 5.91 Å². The fourth-order valence-electron chi connectivity index (χ4n) is 3.42. The summed E-state index contributed by atoms with van der Waals surface area (Å²) in [6, 6.07) is 9.94. The molecular formula is C19H27NO3. The highest BCUT2D eigenvalue weighted by atomic mass is 16.4. The number of carboxylic acid groups (broad SMARTS) is 1. The highest BCUT2D eigenvalue weighted by Crippen LogP contribution is 2.36. The predicted molar refractivity (Wildman–Crippen MR) is 90.2 cm³/mol. The molecule has 0 radical (unpaired) electrons. The Morgan fingerprint density at radius 1 is 1.13 bits per heavy atom. The van der Waals surface area contributed by atoms with Gasteiger partial charge in [-0.1, -0.05) is 63.4 Å². The molecule has 0 bridgehead atoms. The van der Waals surface area contributed by atoms with Gasteiger partial charge >= 0.3 is 5.97 Å². The Hall–Kier alpha value is -1.84. The molecule has 0 heterocycles. The zero-order chi connectivity index (χ0) is 16.9. The Morgan fingerprint density at radius 3 is 2.30 bits per heavy atom. The van der Waals surface area contributed by atoms with Crippen LogP contribution < -0.4 is 5.32 Å². The predicted octanol–water partition coefficient (Wildman–Crippen LogP) is 3.51. The monoisotopic (exact) mass is 317 g/mol. The van der Waals surface area contributed by atoms with Gasteiger partial charge in [-0.25, -0.2) is 0 Å². The van der Waals surface area contributed by atoms with E-state index in [1.165, 1.54) is 0 Å². The average molecular weight is 317 g/mol. The van der Waals surface area contributed by atoms with E-state index in [2.05, 4.69) is 5.32 Å². The lowest BCUT2D eigenvalue weighted by atomic mass is 9.74. The van der Waals surface area contributed by atoms with Crippen molar-refractivity contribution in [3.05, 3.63) is 35.9 Å². The molecule has 1 aliphatic carbocycles. The van der Waals surface area contributed by atoms with Gasteiger partial charge in [-0.15, -0.1) is 0 Å². The molecule has 1 fully saturated rings. The molecule has 1 amide bonds. The molecule has 4 heteroatoms. The summed E-state index contributed by atoms with van der Waals surface area (Å²) in [6.45, 7) is 4.32. The van der Waals surface area contributed by atoms with E-state index in [1.807, 2.05) is 44.2 Å². The topological polar surface area (TPSA) is 66.4 Å². The number of carboxylic acids is 1. The Labute approximate surface area is 138 Å². The summed E-state index contributed by atoms with van der Waals surface area (Å²) in [5, 5.41) is 12.4. The first-order chi connectivity index (χ1) is 10.9. The third kappa shape index (κ3) is 4.34. The standard InChI is InChI=1S/C19H27NO3/c1-18(2,15-9-5-3-6-10-15)13-16(21)20-14-19(17(22)23)11-7-4-8-12-19/h3,5-6,9-10H,4,7-8,11-14H2,1-2H3,(H,20,21)(H,22,23). The summed E-state index contributed by atoms with van der Waals surface area (Å²) in [6.07, 6.45) is 4.61. The van der Waals surface area contributed by atoms with E-state index in [4.69, 9.17) is 0 Å². The third-order valence-corrected chi connectivity index (χ3v) is 5.05. The van der Waals surface area contributed by atoms with Crippen LogP contribution in [0.2, 0.25) is 0 Å². The van der Waals surface area contributed by atoms with E-state index < -0.39 is 11.4 Å². The van der Waals surface area contributed by atoms with Crippen LogP contribution in [-0.4, -0.2) is 23.5 Å². The molecule has 1 aliphatic rings. The summed E-state index contributed by atoms with van der Waals surface area (Å²) in [7, 11) is 0. The number of hydrogen-bond donors (Lipinski definition) is 2. The third-order valence-electron chi connectivity index (χ3n) is 5.05. The van der Waals surface area contributed by atoms with Gasteiger partial charge in [0.1, 0.15) is 0 Å². The van der Waals surface area contributed by atoms with Crippen LogP contribution in [0, 0.1) is 5.41 Å². The fraction of sp³-hybridized carbons (Fsp3) is 0.579. The molecule has 0 saturated heterocycles. The molecule has 0 aliphatic heterocycles. The maximum Gasteiger partial charge on any atom is 0.311 e. The normalized spacial score (nSPS) is 17.5. The lowest BCUT2D eigenvalue weighted by Crippen LogP contribution is -2.45. The minimum atomic E-state index is -0.778. The minimum Gasteiger partial charge on any atom is -0.481 e. The molecule has 4 nitrogen and oxygen atoms in total. The first kappa shape index (κ1) is 17.5. The number of hydrogen-bond acceptors (Lipinski definition) is 2. The molecule has 2 N–H and O–H groups in total. The number of carbonyl (C=O) groups is 2. The van der Waals surface area contributed by atoms with E-state index in [1.54, 1.807) is 0 Å². The molecule has 0 atom stereocenters. The zero-order valence-electron chi connectivity index (χ0n) is 14.1. The number of amides is 1. The van der Waals surface area contributed by atoms with Crippen LogP contribution in [0.25, 0.3) is 0 Å². The SMILES string of the molecule is CC(C)(CC(=O)NCC1(C(=O)O)CCCCC1)c1ccccc1. The van der Waals surface area contributed by atoms with Crippen LogP contribution in [0.3, 0.4) is 0 Å². The summed E-state index contributed by atoms with van der Waals surface area (Å²) in [5.74, 6) is -0.857. The van der Waals surface area contributed by atoms with Gasteiger partial charge in [-0.05, 0) is 23.8 Å². The van der Waals surface area contributed by atoms with Crippen molar-refractivity contribution < 1.29 is 14.7 Å². The molecule has 0 unspecified atom stereocenters. The molecule has 1 aromatic rings. The molecule has 126 valence electrons. The second kappa shape index (κ2) is 7.16. The van der Waals surface area contributed by atoms with Crippen LogP contribution in [0.15, 0.2) is 30.3 Å². The van der Waals surface area contributed by atoms with Crippen LogP contribution in [0.1, 0.15) is 57.9 Å². The number of carbonyl (C=O) groups excluding carboxylic acids is 1. The van der Waals surface area contributed by atoms with Crippen LogP contribution in [-0.2, 0) is 15.0 Å². The molecule has 2 rings (SSSR count). The first-order valence-electron chi connectivity index (χ1n) is 8.41. The smallest absolute Gasteiger partial charge is 0.311 e. The van der Waals surface area contributed by atoms with Crippen molar-refractivity contribution in [2.24, 2.45) is 5.41 Å². The molecule has 0 aromatic heterocycles. The number of aliphatic carboxylic acids is 1. The highest BCUT2D eigenvalue weighted by molar-refractivity contribution is 5.80. The number of nitrogens with one attached hydrogen (secondary N) is 1. The van der Waals surface area contributed by atoms with Gasteiger partial charge in [0.25, 0.3) is 0 Å². The van der Waals surface area contributed by atoms with Crippen molar-refractivity contribution in [1.29, 1.82) is 0 Å². The van der Waals surface area contributed by atoms with Crippen molar-refractivity contribution in [1.82, 2.24) is 5.32 Å². The zero-order valence-corrected chi connectivity index (χ0v) is 14.1. The lowest BCUT2D eigenvalue weighted by molar-refractivity contribution is -0.151. The highest BCUT2D eigenvalue weighted by Gasteiger charge is 2.40. The van der Waals surface area contributed by atoms with Gasteiger partial charge in [0.05, 0.1) is 5.41 Å². The van der Waals surface area contributed by atoms with Crippen LogP contribution in [0.4, 0.5) is 0 Å². The maximum atomic E-state index is 12.3. The second-order valence-electron chi connectivity index (χ2n) is 7.35. The maximum absolute atomic E-state index is 12.3.